The highest BCUT2D eigenvalue weighted by Crippen LogP contribution is 2.29. The van der Waals surface area contributed by atoms with Gasteiger partial charge in [0.15, 0.2) is 5.82 Å². The molecule has 0 spiro atoms. The summed E-state index contributed by atoms with van der Waals surface area (Å²) >= 11 is 3.56. The number of halogens is 1. The maximum absolute atomic E-state index is 5.50. The Morgan fingerprint density at radius 1 is 1.28 bits per heavy atom. The number of aromatic nitrogens is 2. The minimum Gasteiger partial charge on any atom is -0.373 e. The summed E-state index contributed by atoms with van der Waals surface area (Å²) in [5.74, 6) is 1.95. The van der Waals surface area contributed by atoms with E-state index in [4.69, 9.17) is 4.74 Å². The van der Waals surface area contributed by atoms with Crippen molar-refractivity contribution in [3.05, 3.63) is 16.0 Å². The normalized spacial score (nSPS) is 12.8. The molecule has 0 aliphatic rings. The summed E-state index contributed by atoms with van der Waals surface area (Å²) in [5.41, 5.74) is 1.01. The third kappa shape index (κ3) is 3.42. The van der Waals surface area contributed by atoms with Crippen LogP contribution in [0, 0.1) is 5.92 Å². The summed E-state index contributed by atoms with van der Waals surface area (Å²) in [4.78, 5) is 9.17. The highest BCUT2D eigenvalue weighted by atomic mass is 79.9. The van der Waals surface area contributed by atoms with Gasteiger partial charge in [0.2, 0.25) is 0 Å². The first-order valence-corrected chi connectivity index (χ1v) is 7.17. The van der Waals surface area contributed by atoms with Crippen LogP contribution in [0.2, 0.25) is 0 Å². The predicted octanol–water partition coefficient (Wildman–Crippen LogP) is 3.58. The molecule has 0 fully saturated rings. The molecule has 5 heteroatoms. The number of nitrogens with zero attached hydrogens (tertiary/aromatic N) is 2. The van der Waals surface area contributed by atoms with Crippen molar-refractivity contribution in [3.8, 4) is 0 Å². The maximum atomic E-state index is 5.50. The van der Waals surface area contributed by atoms with Gasteiger partial charge in [-0.2, -0.15) is 0 Å². The lowest BCUT2D eigenvalue weighted by atomic mass is 10.1. The van der Waals surface area contributed by atoms with E-state index in [-0.39, 0.29) is 6.10 Å². The molecule has 0 aliphatic heterocycles. The van der Waals surface area contributed by atoms with Crippen LogP contribution in [-0.2, 0) is 11.2 Å². The van der Waals surface area contributed by atoms with E-state index in [2.05, 4.69) is 58.9 Å². The quantitative estimate of drug-likeness (QED) is 0.871. The van der Waals surface area contributed by atoms with Crippen LogP contribution in [-0.4, -0.2) is 23.6 Å². The molecule has 0 bridgehead atoms. The van der Waals surface area contributed by atoms with E-state index in [0.717, 1.165) is 34.8 Å². The van der Waals surface area contributed by atoms with Gasteiger partial charge in [0.25, 0.3) is 0 Å². The molecule has 1 rings (SSSR count). The third-order valence-corrected chi connectivity index (χ3v) is 3.56. The van der Waals surface area contributed by atoms with E-state index in [1.54, 1.807) is 7.11 Å². The summed E-state index contributed by atoms with van der Waals surface area (Å²) in [6.45, 7) is 9.19. The molecule has 0 saturated heterocycles. The first-order chi connectivity index (χ1) is 8.54. The summed E-state index contributed by atoms with van der Waals surface area (Å²) < 4.78 is 6.46. The van der Waals surface area contributed by atoms with E-state index >= 15 is 0 Å². The van der Waals surface area contributed by atoms with Gasteiger partial charge >= 0.3 is 0 Å². The van der Waals surface area contributed by atoms with Gasteiger partial charge in [-0.15, -0.1) is 0 Å². The summed E-state index contributed by atoms with van der Waals surface area (Å²) in [6.07, 6.45) is 0.795. The molecular formula is C13H22BrN3O. The van der Waals surface area contributed by atoms with Gasteiger partial charge in [-0.3, -0.25) is 0 Å². The Labute approximate surface area is 118 Å². The molecule has 0 amide bonds. The second-order valence-electron chi connectivity index (χ2n) is 4.48. The van der Waals surface area contributed by atoms with Crippen molar-refractivity contribution in [3.63, 3.8) is 0 Å². The average molecular weight is 316 g/mol. The van der Waals surface area contributed by atoms with Crippen LogP contribution in [0.15, 0.2) is 4.47 Å². The highest BCUT2D eigenvalue weighted by molar-refractivity contribution is 9.10. The van der Waals surface area contributed by atoms with Gasteiger partial charge in [0.1, 0.15) is 11.9 Å². The molecule has 18 heavy (non-hydrogen) atoms. The van der Waals surface area contributed by atoms with Crippen molar-refractivity contribution in [2.24, 2.45) is 5.92 Å². The summed E-state index contributed by atoms with van der Waals surface area (Å²) in [7, 11) is 1.70. The van der Waals surface area contributed by atoms with Gasteiger partial charge in [-0.1, -0.05) is 20.8 Å². The minimum absolute atomic E-state index is 0.0687. The lowest BCUT2D eigenvalue weighted by Gasteiger charge is -2.20. The van der Waals surface area contributed by atoms with E-state index in [1.807, 2.05) is 0 Å². The summed E-state index contributed by atoms with van der Waals surface area (Å²) in [6, 6.07) is 0. The standard InChI is InChI=1S/C13H22BrN3O/c1-6-9-10(14)12(15-7-2)17-13(16-9)11(18-5)8(3)4/h8,11H,6-7H2,1-5H3,(H,15,16,17). The van der Waals surface area contributed by atoms with E-state index in [1.165, 1.54) is 0 Å². The zero-order chi connectivity index (χ0) is 13.7. The lowest BCUT2D eigenvalue weighted by molar-refractivity contribution is 0.0573. The lowest BCUT2D eigenvalue weighted by Crippen LogP contribution is -2.16. The Kier molecular flexibility index (Phi) is 6.02. The molecule has 0 aliphatic carbocycles. The van der Waals surface area contributed by atoms with Crippen LogP contribution >= 0.6 is 15.9 Å². The molecule has 0 aromatic carbocycles. The van der Waals surface area contributed by atoms with Crippen molar-refractivity contribution in [1.82, 2.24) is 9.97 Å². The average Bonchev–Trinajstić information content (AvgIpc) is 2.33. The molecule has 1 N–H and O–H groups in total. The first-order valence-electron chi connectivity index (χ1n) is 6.38. The second-order valence-corrected chi connectivity index (χ2v) is 5.27. The largest absolute Gasteiger partial charge is 0.373 e. The fraction of sp³-hybridized carbons (Fsp3) is 0.692. The molecule has 1 heterocycles. The molecule has 0 saturated carbocycles. The van der Waals surface area contributed by atoms with Gasteiger partial charge in [0, 0.05) is 13.7 Å². The van der Waals surface area contributed by atoms with Crippen molar-refractivity contribution in [1.29, 1.82) is 0 Å². The fourth-order valence-corrected chi connectivity index (χ4v) is 2.43. The number of hydrogen-bond donors (Lipinski definition) is 1. The zero-order valence-electron chi connectivity index (χ0n) is 11.7. The van der Waals surface area contributed by atoms with Gasteiger partial charge in [-0.05, 0) is 35.2 Å². The monoisotopic (exact) mass is 315 g/mol. The Morgan fingerprint density at radius 2 is 1.94 bits per heavy atom. The molecule has 1 unspecified atom stereocenters. The highest BCUT2D eigenvalue weighted by Gasteiger charge is 2.21. The van der Waals surface area contributed by atoms with Crippen molar-refractivity contribution in [2.75, 3.05) is 19.0 Å². The van der Waals surface area contributed by atoms with Crippen LogP contribution in [0.1, 0.15) is 45.3 Å². The Bertz CT molecular complexity index is 396. The number of hydrogen-bond acceptors (Lipinski definition) is 4. The SMILES string of the molecule is CCNc1nc(C(OC)C(C)C)nc(CC)c1Br. The topological polar surface area (TPSA) is 47.0 Å². The predicted molar refractivity (Wildman–Crippen MR) is 77.9 cm³/mol. The van der Waals surface area contributed by atoms with Crippen molar-refractivity contribution >= 4 is 21.7 Å². The number of rotatable bonds is 6. The van der Waals surface area contributed by atoms with Crippen LogP contribution in [0.5, 0.6) is 0 Å². The van der Waals surface area contributed by atoms with Crippen LogP contribution < -0.4 is 5.32 Å². The molecule has 102 valence electrons. The van der Waals surface area contributed by atoms with E-state index in [0.29, 0.717) is 5.92 Å². The van der Waals surface area contributed by atoms with E-state index < -0.39 is 0 Å². The Morgan fingerprint density at radius 3 is 2.39 bits per heavy atom. The van der Waals surface area contributed by atoms with Crippen molar-refractivity contribution in [2.45, 2.75) is 40.2 Å². The number of aryl methyl sites for hydroxylation is 1. The van der Waals surface area contributed by atoms with Crippen molar-refractivity contribution < 1.29 is 4.74 Å². The smallest absolute Gasteiger partial charge is 0.160 e. The Balaban J connectivity index is 3.23. The molecule has 0 radical (unpaired) electrons. The minimum atomic E-state index is -0.0687. The molecule has 1 aromatic heterocycles. The number of anilines is 1. The molecule has 4 nitrogen and oxygen atoms in total. The molecule has 1 atom stereocenters. The first kappa shape index (κ1) is 15.4. The zero-order valence-corrected chi connectivity index (χ0v) is 13.3. The van der Waals surface area contributed by atoms with Gasteiger partial charge in [0.05, 0.1) is 10.2 Å². The van der Waals surface area contributed by atoms with E-state index in [9.17, 15) is 0 Å². The summed E-state index contributed by atoms with van der Waals surface area (Å²) in [5, 5.41) is 3.26. The number of ether oxygens (including phenoxy) is 1. The van der Waals surface area contributed by atoms with Crippen LogP contribution in [0.25, 0.3) is 0 Å². The van der Waals surface area contributed by atoms with Gasteiger partial charge in [-0.25, -0.2) is 9.97 Å². The molecular weight excluding hydrogens is 294 g/mol. The number of nitrogens with one attached hydrogen (secondary N) is 1. The van der Waals surface area contributed by atoms with Gasteiger partial charge < -0.3 is 10.1 Å². The number of methoxy groups -OCH3 is 1. The van der Waals surface area contributed by atoms with Crippen LogP contribution in [0.4, 0.5) is 5.82 Å². The molecule has 1 aromatic rings. The Hall–Kier alpha value is -0.680. The second kappa shape index (κ2) is 7.04. The fourth-order valence-electron chi connectivity index (χ4n) is 1.83. The maximum Gasteiger partial charge on any atom is 0.160 e. The third-order valence-electron chi connectivity index (χ3n) is 2.73. The van der Waals surface area contributed by atoms with Crippen LogP contribution in [0.3, 0.4) is 0 Å².